The molecule has 0 atom stereocenters. The van der Waals surface area contributed by atoms with Gasteiger partial charge in [0.15, 0.2) is 0 Å². The molecular weight excluding hydrogens is 288 g/mol. The molecule has 1 rings (SSSR count). The van der Waals surface area contributed by atoms with Gasteiger partial charge in [-0.15, -0.1) is 0 Å². The number of hydrogen-bond donors (Lipinski definition) is 0. The standard InChI is InChI=1S/C20H32O3/c1-8-9-10-11-12-22-17-13-14(2)18(16(4)15(17)3)23-19(21)20(5,6)7/h13H,8-12H2,1-7H3. The van der Waals surface area contributed by atoms with Gasteiger partial charge in [0.2, 0.25) is 0 Å². The Hall–Kier alpha value is -1.51. The minimum absolute atomic E-state index is 0.212. The van der Waals surface area contributed by atoms with Crippen molar-refractivity contribution in [1.29, 1.82) is 0 Å². The average Bonchev–Trinajstić information content (AvgIpc) is 2.47. The van der Waals surface area contributed by atoms with Crippen molar-refractivity contribution in [1.82, 2.24) is 0 Å². The van der Waals surface area contributed by atoms with Gasteiger partial charge in [-0.25, -0.2) is 0 Å². The molecule has 23 heavy (non-hydrogen) atoms. The van der Waals surface area contributed by atoms with Crippen LogP contribution in [0.2, 0.25) is 0 Å². The van der Waals surface area contributed by atoms with Gasteiger partial charge in [0.1, 0.15) is 11.5 Å². The number of unbranched alkanes of at least 4 members (excludes halogenated alkanes) is 3. The summed E-state index contributed by atoms with van der Waals surface area (Å²) in [7, 11) is 0. The number of rotatable bonds is 7. The van der Waals surface area contributed by atoms with Crippen LogP contribution in [0.5, 0.6) is 11.5 Å². The van der Waals surface area contributed by atoms with Crippen molar-refractivity contribution >= 4 is 5.97 Å². The molecule has 3 nitrogen and oxygen atoms in total. The predicted molar refractivity (Wildman–Crippen MR) is 95.4 cm³/mol. The fourth-order valence-corrected chi connectivity index (χ4v) is 2.29. The molecule has 0 amide bonds. The van der Waals surface area contributed by atoms with Crippen molar-refractivity contribution in [2.24, 2.45) is 5.41 Å². The minimum atomic E-state index is -0.513. The number of ether oxygens (including phenoxy) is 2. The quantitative estimate of drug-likeness (QED) is 0.377. The van der Waals surface area contributed by atoms with Gasteiger partial charge in [-0.2, -0.15) is 0 Å². The first-order valence-corrected chi connectivity index (χ1v) is 8.64. The lowest BCUT2D eigenvalue weighted by atomic mass is 9.97. The van der Waals surface area contributed by atoms with Crippen LogP contribution in [0.4, 0.5) is 0 Å². The zero-order valence-electron chi connectivity index (χ0n) is 15.8. The van der Waals surface area contributed by atoms with Crippen molar-refractivity contribution in [3.05, 3.63) is 22.8 Å². The van der Waals surface area contributed by atoms with E-state index in [0.29, 0.717) is 5.75 Å². The molecule has 0 bridgehead atoms. The Morgan fingerprint density at radius 2 is 1.70 bits per heavy atom. The molecule has 0 saturated carbocycles. The first-order valence-electron chi connectivity index (χ1n) is 8.64. The monoisotopic (exact) mass is 320 g/mol. The van der Waals surface area contributed by atoms with Crippen LogP contribution in [0.15, 0.2) is 6.07 Å². The van der Waals surface area contributed by atoms with Crippen molar-refractivity contribution in [2.45, 2.75) is 74.1 Å². The van der Waals surface area contributed by atoms with Crippen LogP contribution < -0.4 is 9.47 Å². The van der Waals surface area contributed by atoms with E-state index in [4.69, 9.17) is 9.47 Å². The van der Waals surface area contributed by atoms with Crippen LogP contribution in [0.25, 0.3) is 0 Å². The Morgan fingerprint density at radius 1 is 1.04 bits per heavy atom. The van der Waals surface area contributed by atoms with E-state index in [1.807, 2.05) is 47.6 Å². The van der Waals surface area contributed by atoms with Crippen LogP contribution in [-0.4, -0.2) is 12.6 Å². The highest BCUT2D eigenvalue weighted by Crippen LogP contribution is 2.34. The number of esters is 1. The number of carbonyl (C=O) groups is 1. The van der Waals surface area contributed by atoms with E-state index in [0.717, 1.165) is 35.5 Å². The molecule has 0 saturated heterocycles. The van der Waals surface area contributed by atoms with Gasteiger partial charge >= 0.3 is 5.97 Å². The molecule has 0 heterocycles. The molecule has 1 aromatic carbocycles. The summed E-state index contributed by atoms with van der Waals surface area (Å²) >= 11 is 0. The fourth-order valence-electron chi connectivity index (χ4n) is 2.29. The molecular formula is C20H32O3. The van der Waals surface area contributed by atoms with Crippen molar-refractivity contribution < 1.29 is 14.3 Å². The molecule has 0 spiro atoms. The maximum absolute atomic E-state index is 12.2. The lowest BCUT2D eigenvalue weighted by Gasteiger charge is -2.21. The molecule has 0 unspecified atom stereocenters. The Labute approximate surface area is 141 Å². The molecule has 0 N–H and O–H groups in total. The van der Waals surface area contributed by atoms with E-state index < -0.39 is 5.41 Å². The predicted octanol–water partition coefficient (Wildman–Crippen LogP) is 5.52. The summed E-state index contributed by atoms with van der Waals surface area (Å²) < 4.78 is 11.6. The Morgan fingerprint density at radius 3 is 2.26 bits per heavy atom. The number of carbonyl (C=O) groups excluding carboxylic acids is 1. The van der Waals surface area contributed by atoms with E-state index >= 15 is 0 Å². The highest BCUT2D eigenvalue weighted by Gasteiger charge is 2.25. The van der Waals surface area contributed by atoms with Gasteiger partial charge in [0, 0.05) is 0 Å². The van der Waals surface area contributed by atoms with E-state index in [1.54, 1.807) is 0 Å². The van der Waals surface area contributed by atoms with Crippen molar-refractivity contribution in [3.63, 3.8) is 0 Å². The normalized spacial score (nSPS) is 11.4. The highest BCUT2D eigenvalue weighted by molar-refractivity contribution is 5.78. The molecule has 3 heteroatoms. The van der Waals surface area contributed by atoms with Crippen LogP contribution in [0, 0.1) is 26.2 Å². The second kappa shape index (κ2) is 8.37. The Balaban J connectivity index is 2.85. The summed E-state index contributed by atoms with van der Waals surface area (Å²) in [4.78, 5) is 12.2. The van der Waals surface area contributed by atoms with E-state index in [9.17, 15) is 4.79 Å². The average molecular weight is 320 g/mol. The van der Waals surface area contributed by atoms with Gasteiger partial charge in [0.05, 0.1) is 12.0 Å². The maximum atomic E-state index is 12.2. The summed E-state index contributed by atoms with van der Waals surface area (Å²) in [6.45, 7) is 14.5. The third-order valence-corrected chi connectivity index (χ3v) is 4.04. The zero-order valence-corrected chi connectivity index (χ0v) is 15.8. The highest BCUT2D eigenvalue weighted by atomic mass is 16.5. The van der Waals surface area contributed by atoms with Crippen LogP contribution >= 0.6 is 0 Å². The summed E-state index contributed by atoms with van der Waals surface area (Å²) in [5.41, 5.74) is 2.45. The van der Waals surface area contributed by atoms with Gasteiger partial charge in [-0.3, -0.25) is 4.79 Å². The van der Waals surface area contributed by atoms with Crippen LogP contribution in [-0.2, 0) is 4.79 Å². The number of benzene rings is 1. The summed E-state index contributed by atoms with van der Waals surface area (Å²) in [5, 5.41) is 0. The third-order valence-electron chi connectivity index (χ3n) is 4.04. The van der Waals surface area contributed by atoms with Gasteiger partial charge < -0.3 is 9.47 Å². The molecule has 0 aliphatic heterocycles. The minimum Gasteiger partial charge on any atom is -0.493 e. The molecule has 0 aromatic heterocycles. The second-order valence-corrected chi connectivity index (χ2v) is 7.32. The van der Waals surface area contributed by atoms with Crippen molar-refractivity contribution in [3.8, 4) is 11.5 Å². The van der Waals surface area contributed by atoms with E-state index in [-0.39, 0.29) is 5.97 Å². The summed E-state index contributed by atoms with van der Waals surface area (Å²) in [6, 6.07) is 1.98. The lowest BCUT2D eigenvalue weighted by Crippen LogP contribution is -2.26. The Bertz CT molecular complexity index is 539. The number of hydrogen-bond acceptors (Lipinski definition) is 3. The summed E-state index contributed by atoms with van der Waals surface area (Å²) in [6.07, 6.45) is 4.76. The zero-order chi connectivity index (χ0) is 17.6. The largest absolute Gasteiger partial charge is 0.493 e. The molecule has 0 radical (unpaired) electrons. The van der Waals surface area contributed by atoms with E-state index in [2.05, 4.69) is 6.92 Å². The fraction of sp³-hybridized carbons (Fsp3) is 0.650. The summed E-state index contributed by atoms with van der Waals surface area (Å²) in [5.74, 6) is 1.35. The first-order chi connectivity index (χ1) is 10.7. The topological polar surface area (TPSA) is 35.5 Å². The SMILES string of the molecule is CCCCCCOc1cc(C)c(OC(=O)C(C)(C)C)c(C)c1C. The first kappa shape index (κ1) is 19.5. The number of aryl methyl sites for hydroxylation is 1. The third kappa shape index (κ3) is 5.56. The second-order valence-electron chi connectivity index (χ2n) is 7.32. The van der Waals surface area contributed by atoms with Crippen LogP contribution in [0.3, 0.4) is 0 Å². The Kier molecular flexibility index (Phi) is 7.11. The van der Waals surface area contributed by atoms with Crippen LogP contribution in [0.1, 0.15) is 70.1 Å². The molecule has 0 aliphatic carbocycles. The van der Waals surface area contributed by atoms with Gasteiger partial charge in [-0.05, 0) is 70.7 Å². The van der Waals surface area contributed by atoms with E-state index in [1.165, 1.54) is 19.3 Å². The molecule has 1 aromatic rings. The molecule has 0 fully saturated rings. The van der Waals surface area contributed by atoms with Gasteiger partial charge in [0.25, 0.3) is 0 Å². The smallest absolute Gasteiger partial charge is 0.316 e. The molecule has 0 aliphatic rings. The van der Waals surface area contributed by atoms with Crippen molar-refractivity contribution in [2.75, 3.05) is 6.61 Å². The maximum Gasteiger partial charge on any atom is 0.316 e. The van der Waals surface area contributed by atoms with Gasteiger partial charge in [-0.1, -0.05) is 26.2 Å². The lowest BCUT2D eigenvalue weighted by molar-refractivity contribution is -0.143. The molecule has 130 valence electrons.